The van der Waals surface area contributed by atoms with Crippen molar-refractivity contribution in [3.63, 3.8) is 0 Å². The summed E-state index contributed by atoms with van der Waals surface area (Å²) in [6, 6.07) is 1.94. The third kappa shape index (κ3) is 2.43. The lowest BCUT2D eigenvalue weighted by molar-refractivity contribution is 1.18. The zero-order chi connectivity index (χ0) is 9.14. The molecule has 1 aromatic rings. The SMILES string of the molecule is Cc1cc(CC(N)=S)cnc1Cl. The zero-order valence-electron chi connectivity index (χ0n) is 6.67. The number of rotatable bonds is 2. The number of aryl methyl sites for hydroxylation is 1. The van der Waals surface area contributed by atoms with Crippen LogP contribution in [0.3, 0.4) is 0 Å². The first-order valence-electron chi connectivity index (χ1n) is 3.49. The fourth-order valence-electron chi connectivity index (χ4n) is 0.914. The van der Waals surface area contributed by atoms with E-state index in [1.807, 2.05) is 13.0 Å². The second-order valence-electron chi connectivity index (χ2n) is 2.59. The lowest BCUT2D eigenvalue weighted by atomic mass is 10.2. The number of hydrogen-bond donors (Lipinski definition) is 1. The van der Waals surface area contributed by atoms with Crippen molar-refractivity contribution in [1.82, 2.24) is 4.98 Å². The summed E-state index contributed by atoms with van der Waals surface area (Å²) >= 11 is 10.5. The first-order valence-corrected chi connectivity index (χ1v) is 4.27. The van der Waals surface area contributed by atoms with E-state index >= 15 is 0 Å². The van der Waals surface area contributed by atoms with Crippen molar-refractivity contribution in [3.05, 3.63) is 28.5 Å². The summed E-state index contributed by atoms with van der Waals surface area (Å²) in [5.41, 5.74) is 7.34. The molecule has 0 saturated carbocycles. The number of thiocarbonyl (C=S) groups is 1. The van der Waals surface area contributed by atoms with Crippen LogP contribution in [0.5, 0.6) is 0 Å². The van der Waals surface area contributed by atoms with E-state index in [-0.39, 0.29) is 0 Å². The minimum atomic E-state index is 0.471. The highest BCUT2D eigenvalue weighted by atomic mass is 35.5. The van der Waals surface area contributed by atoms with Gasteiger partial charge in [0.05, 0.1) is 4.99 Å². The van der Waals surface area contributed by atoms with Gasteiger partial charge in [0.25, 0.3) is 0 Å². The third-order valence-corrected chi connectivity index (χ3v) is 1.99. The van der Waals surface area contributed by atoms with Crippen LogP contribution in [0.1, 0.15) is 11.1 Å². The quantitative estimate of drug-likeness (QED) is 0.585. The molecule has 0 amide bonds. The van der Waals surface area contributed by atoms with Crippen molar-refractivity contribution in [1.29, 1.82) is 0 Å². The van der Waals surface area contributed by atoms with Crippen LogP contribution < -0.4 is 5.73 Å². The molecular weight excluding hydrogens is 192 g/mol. The number of nitrogens with two attached hydrogens (primary N) is 1. The van der Waals surface area contributed by atoms with Gasteiger partial charge in [0.1, 0.15) is 5.15 Å². The fraction of sp³-hybridized carbons (Fsp3) is 0.250. The Kier molecular flexibility index (Phi) is 3.00. The van der Waals surface area contributed by atoms with Gasteiger partial charge >= 0.3 is 0 Å². The summed E-state index contributed by atoms with van der Waals surface area (Å²) < 4.78 is 0. The van der Waals surface area contributed by atoms with Crippen LogP contribution in [0.2, 0.25) is 5.15 Å². The smallest absolute Gasteiger partial charge is 0.131 e. The van der Waals surface area contributed by atoms with Crippen LogP contribution >= 0.6 is 23.8 Å². The van der Waals surface area contributed by atoms with Crippen molar-refractivity contribution in [2.24, 2.45) is 5.73 Å². The minimum Gasteiger partial charge on any atom is -0.393 e. The highest BCUT2D eigenvalue weighted by molar-refractivity contribution is 7.80. The van der Waals surface area contributed by atoms with Crippen LogP contribution in [-0.2, 0) is 6.42 Å². The molecule has 2 nitrogen and oxygen atoms in total. The van der Waals surface area contributed by atoms with E-state index in [9.17, 15) is 0 Å². The number of aromatic nitrogens is 1. The Bertz CT molecular complexity index is 312. The predicted molar refractivity (Wildman–Crippen MR) is 54.5 cm³/mol. The number of halogens is 1. The van der Waals surface area contributed by atoms with Gasteiger partial charge < -0.3 is 5.73 Å². The van der Waals surface area contributed by atoms with Gasteiger partial charge in [-0.25, -0.2) is 4.98 Å². The molecule has 0 radical (unpaired) electrons. The summed E-state index contributed by atoms with van der Waals surface area (Å²) in [6.45, 7) is 1.90. The maximum Gasteiger partial charge on any atom is 0.131 e. The van der Waals surface area contributed by atoms with Crippen molar-refractivity contribution >= 4 is 28.8 Å². The van der Waals surface area contributed by atoms with Crippen molar-refractivity contribution in [2.75, 3.05) is 0 Å². The van der Waals surface area contributed by atoms with E-state index in [1.165, 1.54) is 0 Å². The first-order chi connectivity index (χ1) is 5.59. The molecule has 0 saturated heterocycles. The molecular formula is C8H9ClN2S. The summed E-state index contributed by atoms with van der Waals surface area (Å²) in [6.07, 6.45) is 2.27. The average Bonchev–Trinajstić information content (AvgIpc) is 1.96. The number of pyridine rings is 1. The maximum atomic E-state index is 5.74. The largest absolute Gasteiger partial charge is 0.393 e. The first kappa shape index (κ1) is 9.42. The van der Waals surface area contributed by atoms with Gasteiger partial charge in [-0.05, 0) is 18.1 Å². The van der Waals surface area contributed by atoms with Gasteiger partial charge in [-0.3, -0.25) is 0 Å². The summed E-state index contributed by atoms with van der Waals surface area (Å²) in [5.74, 6) is 0. The normalized spacial score (nSPS) is 9.83. The Balaban J connectivity index is 2.89. The maximum absolute atomic E-state index is 5.74. The molecule has 0 atom stereocenters. The third-order valence-electron chi connectivity index (χ3n) is 1.45. The number of hydrogen-bond acceptors (Lipinski definition) is 2. The van der Waals surface area contributed by atoms with Gasteiger partial charge in [0.2, 0.25) is 0 Å². The van der Waals surface area contributed by atoms with Crippen molar-refractivity contribution < 1.29 is 0 Å². The molecule has 0 aromatic carbocycles. The van der Waals surface area contributed by atoms with Gasteiger partial charge in [-0.1, -0.05) is 29.9 Å². The Morgan fingerprint density at radius 3 is 2.92 bits per heavy atom. The van der Waals surface area contributed by atoms with Crippen molar-refractivity contribution in [3.8, 4) is 0 Å². The Morgan fingerprint density at radius 2 is 2.42 bits per heavy atom. The topological polar surface area (TPSA) is 38.9 Å². The van der Waals surface area contributed by atoms with Gasteiger partial charge in [-0.15, -0.1) is 0 Å². The summed E-state index contributed by atoms with van der Waals surface area (Å²) in [7, 11) is 0. The molecule has 1 rings (SSSR count). The Morgan fingerprint density at radius 1 is 1.75 bits per heavy atom. The van der Waals surface area contributed by atoms with Crippen LogP contribution in [-0.4, -0.2) is 9.97 Å². The Hall–Kier alpha value is -0.670. The molecule has 1 aromatic heterocycles. The van der Waals surface area contributed by atoms with Crippen LogP contribution in [0.15, 0.2) is 12.3 Å². The van der Waals surface area contributed by atoms with E-state index in [2.05, 4.69) is 4.98 Å². The van der Waals surface area contributed by atoms with E-state index in [1.54, 1.807) is 6.20 Å². The summed E-state index contributed by atoms with van der Waals surface area (Å²) in [4.78, 5) is 4.45. The molecule has 0 spiro atoms. The Labute approximate surface area is 81.7 Å². The monoisotopic (exact) mass is 200 g/mol. The number of nitrogens with zero attached hydrogens (tertiary/aromatic N) is 1. The molecule has 0 fully saturated rings. The highest BCUT2D eigenvalue weighted by Crippen LogP contribution is 2.12. The van der Waals surface area contributed by atoms with Gasteiger partial charge in [0, 0.05) is 12.6 Å². The van der Waals surface area contributed by atoms with Crippen LogP contribution in [0, 0.1) is 6.92 Å². The highest BCUT2D eigenvalue weighted by Gasteiger charge is 1.99. The zero-order valence-corrected chi connectivity index (χ0v) is 8.25. The molecule has 12 heavy (non-hydrogen) atoms. The van der Waals surface area contributed by atoms with E-state index in [4.69, 9.17) is 29.6 Å². The standard InChI is InChI=1S/C8H9ClN2S/c1-5-2-6(3-7(10)12)4-11-8(5)9/h2,4H,3H2,1H3,(H2,10,12). The summed E-state index contributed by atoms with van der Waals surface area (Å²) in [5, 5.41) is 0.529. The average molecular weight is 201 g/mol. The van der Waals surface area contributed by atoms with E-state index < -0.39 is 0 Å². The molecule has 0 bridgehead atoms. The fourth-order valence-corrected chi connectivity index (χ4v) is 1.18. The molecule has 4 heteroatoms. The van der Waals surface area contributed by atoms with E-state index in [0.29, 0.717) is 16.6 Å². The molecule has 0 aliphatic heterocycles. The van der Waals surface area contributed by atoms with Gasteiger partial charge in [0.15, 0.2) is 0 Å². The van der Waals surface area contributed by atoms with Crippen molar-refractivity contribution in [2.45, 2.75) is 13.3 Å². The van der Waals surface area contributed by atoms with Crippen LogP contribution in [0.4, 0.5) is 0 Å². The molecule has 0 unspecified atom stereocenters. The lowest BCUT2D eigenvalue weighted by Gasteiger charge is -2.01. The second-order valence-corrected chi connectivity index (χ2v) is 3.48. The molecule has 1 heterocycles. The van der Waals surface area contributed by atoms with Crippen LogP contribution in [0.25, 0.3) is 0 Å². The lowest BCUT2D eigenvalue weighted by Crippen LogP contribution is -2.11. The molecule has 64 valence electrons. The molecule has 0 aliphatic rings. The van der Waals surface area contributed by atoms with Gasteiger partial charge in [-0.2, -0.15) is 0 Å². The molecule has 0 aliphatic carbocycles. The predicted octanol–water partition coefficient (Wildman–Crippen LogP) is 1.87. The molecule has 2 N–H and O–H groups in total. The second kappa shape index (κ2) is 3.83. The minimum absolute atomic E-state index is 0.471. The van der Waals surface area contributed by atoms with E-state index in [0.717, 1.165) is 11.1 Å².